The number of nitrogens with one attached hydrogen (secondary N) is 1. The lowest BCUT2D eigenvalue weighted by Crippen LogP contribution is -2.27. The summed E-state index contributed by atoms with van der Waals surface area (Å²) in [6.07, 6.45) is 3.12. The van der Waals surface area contributed by atoms with E-state index in [1.165, 1.54) is 27.1 Å². The molecular formula is C21H22N2. The molecule has 1 N–H and O–H groups in total. The molecule has 0 amide bonds. The molecule has 0 unspecified atom stereocenters. The fourth-order valence-corrected chi connectivity index (χ4v) is 3.14. The van der Waals surface area contributed by atoms with Crippen LogP contribution >= 0.6 is 0 Å². The van der Waals surface area contributed by atoms with Crippen LogP contribution in [0.2, 0.25) is 0 Å². The molecule has 0 aliphatic carbocycles. The van der Waals surface area contributed by atoms with Crippen molar-refractivity contribution in [3.05, 3.63) is 60.2 Å². The molecule has 0 spiro atoms. The van der Waals surface area contributed by atoms with Crippen molar-refractivity contribution < 1.29 is 0 Å². The van der Waals surface area contributed by atoms with Crippen LogP contribution < -0.4 is 5.32 Å². The highest BCUT2D eigenvalue weighted by atomic mass is 14.9. The highest BCUT2D eigenvalue weighted by Crippen LogP contribution is 2.28. The first-order valence-corrected chi connectivity index (χ1v) is 8.36. The summed E-state index contributed by atoms with van der Waals surface area (Å²) in [4.78, 5) is 0. The Morgan fingerprint density at radius 1 is 1.00 bits per heavy atom. The standard InChI is InChI=1S/C21H22N2/c1-2-3-10-18(14-22)23-15-21-19-11-6-4-8-16(19)13-17-9-5-7-12-20(17)21/h4-9,11-13,18,23H,2-3,10,15H2,1H3/t18-/m1/s1. The van der Waals surface area contributed by atoms with Gasteiger partial charge in [-0.3, -0.25) is 5.32 Å². The molecular weight excluding hydrogens is 280 g/mol. The number of rotatable bonds is 6. The summed E-state index contributed by atoms with van der Waals surface area (Å²) in [5, 5.41) is 17.8. The summed E-state index contributed by atoms with van der Waals surface area (Å²) in [6.45, 7) is 2.89. The van der Waals surface area contributed by atoms with Gasteiger partial charge in [-0.25, -0.2) is 0 Å². The van der Waals surface area contributed by atoms with Crippen molar-refractivity contribution in [3.8, 4) is 6.07 Å². The van der Waals surface area contributed by atoms with Gasteiger partial charge in [0.15, 0.2) is 0 Å². The van der Waals surface area contributed by atoms with Crippen molar-refractivity contribution in [3.63, 3.8) is 0 Å². The first kappa shape index (κ1) is 15.5. The van der Waals surface area contributed by atoms with Crippen LogP contribution in [-0.4, -0.2) is 6.04 Å². The first-order valence-electron chi connectivity index (χ1n) is 8.36. The zero-order chi connectivity index (χ0) is 16.1. The zero-order valence-electron chi connectivity index (χ0n) is 13.5. The van der Waals surface area contributed by atoms with Crippen LogP contribution in [0.15, 0.2) is 54.6 Å². The van der Waals surface area contributed by atoms with Gasteiger partial charge in [0.05, 0.1) is 12.1 Å². The summed E-state index contributed by atoms with van der Waals surface area (Å²) in [7, 11) is 0. The number of nitrogens with zero attached hydrogens (tertiary/aromatic N) is 1. The molecule has 1 atom stereocenters. The fraction of sp³-hybridized carbons (Fsp3) is 0.286. The van der Waals surface area contributed by atoms with Gasteiger partial charge in [0.2, 0.25) is 0 Å². The number of hydrogen-bond donors (Lipinski definition) is 1. The minimum absolute atomic E-state index is 0.0762. The molecule has 0 heterocycles. The van der Waals surface area contributed by atoms with E-state index in [1.807, 2.05) is 0 Å². The van der Waals surface area contributed by atoms with Gasteiger partial charge in [0, 0.05) is 6.54 Å². The third-order valence-corrected chi connectivity index (χ3v) is 4.41. The molecule has 3 rings (SSSR count). The van der Waals surface area contributed by atoms with Crippen molar-refractivity contribution in [2.45, 2.75) is 38.8 Å². The number of nitriles is 1. The fourth-order valence-electron chi connectivity index (χ4n) is 3.14. The van der Waals surface area contributed by atoms with E-state index in [2.05, 4.69) is 72.9 Å². The van der Waals surface area contributed by atoms with Crippen LogP contribution in [0.25, 0.3) is 21.5 Å². The molecule has 2 nitrogen and oxygen atoms in total. The largest absolute Gasteiger partial charge is 0.298 e. The van der Waals surface area contributed by atoms with Gasteiger partial charge in [0.1, 0.15) is 0 Å². The van der Waals surface area contributed by atoms with Crippen LogP contribution in [0, 0.1) is 11.3 Å². The minimum atomic E-state index is -0.0762. The summed E-state index contributed by atoms with van der Waals surface area (Å²) in [5.74, 6) is 0. The van der Waals surface area contributed by atoms with Crippen molar-refractivity contribution in [1.82, 2.24) is 5.32 Å². The van der Waals surface area contributed by atoms with E-state index >= 15 is 0 Å². The molecule has 0 fully saturated rings. The highest BCUT2D eigenvalue weighted by Gasteiger charge is 2.10. The monoisotopic (exact) mass is 302 g/mol. The lowest BCUT2D eigenvalue weighted by molar-refractivity contribution is 0.543. The molecule has 0 aromatic heterocycles. The molecule has 0 saturated heterocycles. The van der Waals surface area contributed by atoms with E-state index in [0.29, 0.717) is 0 Å². The van der Waals surface area contributed by atoms with E-state index in [1.54, 1.807) is 0 Å². The maximum absolute atomic E-state index is 9.34. The predicted octanol–water partition coefficient (Wildman–Crippen LogP) is 5.16. The normalized spacial score (nSPS) is 12.3. The SMILES string of the molecule is CCCC[C@H](C#N)NCc1c2ccccc2cc2ccccc12. The molecule has 2 heteroatoms. The zero-order valence-corrected chi connectivity index (χ0v) is 13.5. The third kappa shape index (κ3) is 3.36. The van der Waals surface area contributed by atoms with Gasteiger partial charge in [-0.1, -0.05) is 68.3 Å². The van der Waals surface area contributed by atoms with Gasteiger partial charge in [-0.15, -0.1) is 0 Å². The first-order chi connectivity index (χ1) is 11.3. The minimum Gasteiger partial charge on any atom is -0.298 e. The van der Waals surface area contributed by atoms with Crippen LogP contribution in [0.5, 0.6) is 0 Å². The van der Waals surface area contributed by atoms with Gasteiger partial charge in [0.25, 0.3) is 0 Å². The predicted molar refractivity (Wildman–Crippen MR) is 97.2 cm³/mol. The molecule has 0 radical (unpaired) electrons. The van der Waals surface area contributed by atoms with Gasteiger partial charge in [-0.2, -0.15) is 5.26 Å². The Labute approximate surface area is 137 Å². The van der Waals surface area contributed by atoms with Crippen LogP contribution in [0.3, 0.4) is 0 Å². The lowest BCUT2D eigenvalue weighted by Gasteiger charge is -2.15. The van der Waals surface area contributed by atoms with Crippen LogP contribution in [-0.2, 0) is 6.54 Å². The highest BCUT2D eigenvalue weighted by molar-refractivity contribution is 6.02. The Bertz CT molecular complexity index is 791. The molecule has 0 bridgehead atoms. The smallest absolute Gasteiger partial charge is 0.0955 e. The summed E-state index contributed by atoms with van der Waals surface area (Å²) in [5.41, 5.74) is 1.29. The lowest BCUT2D eigenvalue weighted by atomic mass is 9.96. The molecule has 0 saturated carbocycles. The summed E-state index contributed by atoms with van der Waals surface area (Å²) in [6, 6.07) is 21.5. The third-order valence-electron chi connectivity index (χ3n) is 4.41. The Kier molecular flexibility index (Phi) is 4.90. The van der Waals surface area contributed by atoms with E-state index in [4.69, 9.17) is 0 Å². The molecule has 0 aliphatic heterocycles. The van der Waals surface area contributed by atoms with E-state index in [-0.39, 0.29) is 6.04 Å². The second kappa shape index (κ2) is 7.26. The number of fused-ring (bicyclic) bond motifs is 2. The molecule has 116 valence electrons. The molecule has 0 aliphatic rings. The van der Waals surface area contributed by atoms with E-state index < -0.39 is 0 Å². The van der Waals surface area contributed by atoms with Gasteiger partial charge >= 0.3 is 0 Å². The van der Waals surface area contributed by atoms with Crippen LogP contribution in [0.1, 0.15) is 31.7 Å². The number of hydrogen-bond acceptors (Lipinski definition) is 2. The van der Waals surface area contributed by atoms with Crippen molar-refractivity contribution in [2.75, 3.05) is 0 Å². The Hall–Kier alpha value is -2.37. The molecule has 3 aromatic carbocycles. The summed E-state index contributed by atoms with van der Waals surface area (Å²) >= 11 is 0. The Balaban J connectivity index is 1.98. The average molecular weight is 302 g/mol. The van der Waals surface area contributed by atoms with Crippen LogP contribution in [0.4, 0.5) is 0 Å². The second-order valence-electron chi connectivity index (χ2n) is 6.00. The average Bonchev–Trinajstić information content (AvgIpc) is 2.61. The molecule has 23 heavy (non-hydrogen) atoms. The van der Waals surface area contributed by atoms with E-state index in [9.17, 15) is 5.26 Å². The number of benzene rings is 3. The van der Waals surface area contributed by atoms with Crippen molar-refractivity contribution >= 4 is 21.5 Å². The van der Waals surface area contributed by atoms with E-state index in [0.717, 1.165) is 25.8 Å². The second-order valence-corrected chi connectivity index (χ2v) is 6.00. The Morgan fingerprint density at radius 2 is 1.61 bits per heavy atom. The maximum Gasteiger partial charge on any atom is 0.0955 e. The summed E-state index contributed by atoms with van der Waals surface area (Å²) < 4.78 is 0. The maximum atomic E-state index is 9.34. The van der Waals surface area contributed by atoms with Crippen molar-refractivity contribution in [2.24, 2.45) is 0 Å². The molecule has 3 aromatic rings. The Morgan fingerprint density at radius 3 is 2.17 bits per heavy atom. The van der Waals surface area contributed by atoms with Gasteiger partial charge < -0.3 is 0 Å². The quantitative estimate of drug-likeness (QED) is 0.638. The topological polar surface area (TPSA) is 35.8 Å². The van der Waals surface area contributed by atoms with Crippen molar-refractivity contribution in [1.29, 1.82) is 5.26 Å². The number of unbranched alkanes of at least 4 members (excludes halogenated alkanes) is 1. The van der Waals surface area contributed by atoms with Gasteiger partial charge in [-0.05, 0) is 39.6 Å².